The Balaban J connectivity index is 3.18. The maximum absolute atomic E-state index is 10.7. The third-order valence-electron chi connectivity index (χ3n) is 2.42. The molecule has 0 heterocycles. The van der Waals surface area contributed by atoms with Crippen molar-refractivity contribution in [1.29, 1.82) is 0 Å². The lowest BCUT2D eigenvalue weighted by Crippen LogP contribution is -1.91. The summed E-state index contributed by atoms with van der Waals surface area (Å²) in [5.41, 5.74) is 2.91. The summed E-state index contributed by atoms with van der Waals surface area (Å²) < 4.78 is 5.15. The maximum atomic E-state index is 10.7. The van der Waals surface area contributed by atoms with Crippen molar-refractivity contribution in [3.05, 3.63) is 35.4 Å². The highest BCUT2D eigenvalue weighted by atomic mass is 16.5. The van der Waals surface area contributed by atoms with E-state index in [1.54, 1.807) is 7.11 Å². The van der Waals surface area contributed by atoms with Crippen LogP contribution < -0.4 is 4.74 Å². The average Bonchev–Trinajstić information content (AvgIpc) is 2.30. The van der Waals surface area contributed by atoms with E-state index in [0.29, 0.717) is 0 Å². The Labute approximate surface area is 90.6 Å². The van der Waals surface area contributed by atoms with Crippen molar-refractivity contribution in [2.24, 2.45) is 0 Å². The van der Waals surface area contributed by atoms with Gasteiger partial charge in [0.2, 0.25) is 0 Å². The number of hydrogen-bond donors (Lipinski definition) is 0. The SMILES string of the molecule is CCC(=C(C)C=O)c1cccc(OC)c1. The van der Waals surface area contributed by atoms with Gasteiger partial charge in [0.15, 0.2) is 0 Å². The zero-order valence-electron chi connectivity index (χ0n) is 9.41. The average molecular weight is 204 g/mol. The zero-order valence-corrected chi connectivity index (χ0v) is 9.41. The van der Waals surface area contributed by atoms with E-state index in [9.17, 15) is 4.79 Å². The first-order valence-corrected chi connectivity index (χ1v) is 5.02. The normalized spacial score (nSPS) is 11.9. The van der Waals surface area contributed by atoms with Crippen molar-refractivity contribution in [1.82, 2.24) is 0 Å². The predicted molar refractivity (Wildman–Crippen MR) is 61.9 cm³/mol. The number of rotatable bonds is 4. The Morgan fingerprint density at radius 1 is 1.47 bits per heavy atom. The molecule has 15 heavy (non-hydrogen) atoms. The van der Waals surface area contributed by atoms with Crippen molar-refractivity contribution in [3.63, 3.8) is 0 Å². The summed E-state index contributed by atoms with van der Waals surface area (Å²) in [5, 5.41) is 0. The summed E-state index contributed by atoms with van der Waals surface area (Å²) in [4.78, 5) is 10.7. The fourth-order valence-corrected chi connectivity index (χ4v) is 1.59. The van der Waals surface area contributed by atoms with Crippen molar-refractivity contribution < 1.29 is 9.53 Å². The molecule has 1 rings (SSSR count). The van der Waals surface area contributed by atoms with Gasteiger partial charge in [-0.3, -0.25) is 4.79 Å². The topological polar surface area (TPSA) is 26.3 Å². The molecule has 0 fully saturated rings. The van der Waals surface area contributed by atoms with Gasteiger partial charge in [0, 0.05) is 0 Å². The number of allylic oxidation sites excluding steroid dienone is 2. The Bertz CT molecular complexity index is 378. The van der Waals surface area contributed by atoms with Gasteiger partial charge < -0.3 is 4.74 Å². The highest BCUT2D eigenvalue weighted by molar-refractivity contribution is 5.87. The molecule has 0 saturated carbocycles. The molecule has 0 N–H and O–H groups in total. The Kier molecular flexibility index (Phi) is 4.10. The third kappa shape index (κ3) is 2.69. The van der Waals surface area contributed by atoms with Gasteiger partial charge in [0.25, 0.3) is 0 Å². The van der Waals surface area contributed by atoms with Crippen molar-refractivity contribution in [2.45, 2.75) is 20.3 Å². The largest absolute Gasteiger partial charge is 0.497 e. The lowest BCUT2D eigenvalue weighted by atomic mass is 9.99. The van der Waals surface area contributed by atoms with Gasteiger partial charge in [-0.2, -0.15) is 0 Å². The molecule has 80 valence electrons. The van der Waals surface area contributed by atoms with E-state index in [1.165, 1.54) is 0 Å². The number of ether oxygens (including phenoxy) is 1. The molecule has 1 aromatic carbocycles. The van der Waals surface area contributed by atoms with Crippen LogP contribution in [0.4, 0.5) is 0 Å². The molecular formula is C13H16O2. The van der Waals surface area contributed by atoms with Gasteiger partial charge >= 0.3 is 0 Å². The smallest absolute Gasteiger partial charge is 0.146 e. The first-order chi connectivity index (χ1) is 7.22. The van der Waals surface area contributed by atoms with Crippen LogP contribution in [-0.4, -0.2) is 13.4 Å². The van der Waals surface area contributed by atoms with Gasteiger partial charge in [0.05, 0.1) is 7.11 Å². The molecule has 0 bridgehead atoms. The molecule has 2 heteroatoms. The predicted octanol–water partition coefficient (Wildman–Crippen LogP) is 3.08. The molecule has 0 aliphatic heterocycles. The number of carbonyl (C=O) groups is 1. The lowest BCUT2D eigenvalue weighted by molar-refractivity contribution is -0.104. The quantitative estimate of drug-likeness (QED) is 0.556. The van der Waals surface area contributed by atoms with Gasteiger partial charge in [-0.1, -0.05) is 19.1 Å². The number of methoxy groups -OCH3 is 1. The summed E-state index contributed by atoms with van der Waals surface area (Å²) in [5.74, 6) is 0.817. The van der Waals surface area contributed by atoms with Gasteiger partial charge in [0.1, 0.15) is 12.0 Å². The minimum atomic E-state index is 0.783. The van der Waals surface area contributed by atoms with Crippen LogP contribution in [0, 0.1) is 0 Å². The summed E-state index contributed by atoms with van der Waals surface area (Å²) >= 11 is 0. The molecule has 0 unspecified atom stereocenters. The molecule has 0 radical (unpaired) electrons. The van der Waals surface area contributed by atoms with Crippen molar-refractivity contribution >= 4 is 11.9 Å². The van der Waals surface area contributed by atoms with E-state index in [0.717, 1.165) is 35.2 Å². The molecular weight excluding hydrogens is 188 g/mol. The maximum Gasteiger partial charge on any atom is 0.146 e. The van der Waals surface area contributed by atoms with Crippen LogP contribution in [-0.2, 0) is 4.79 Å². The Morgan fingerprint density at radius 3 is 2.73 bits per heavy atom. The summed E-state index contributed by atoms with van der Waals surface area (Å²) in [6.07, 6.45) is 1.75. The second-order valence-electron chi connectivity index (χ2n) is 3.36. The highest BCUT2D eigenvalue weighted by Gasteiger charge is 2.04. The Morgan fingerprint density at radius 2 is 2.20 bits per heavy atom. The molecule has 0 aromatic heterocycles. The number of hydrogen-bond acceptors (Lipinski definition) is 2. The van der Waals surface area contributed by atoms with Crippen LogP contribution in [0.2, 0.25) is 0 Å². The third-order valence-corrected chi connectivity index (χ3v) is 2.42. The van der Waals surface area contributed by atoms with Crippen LogP contribution in [0.3, 0.4) is 0 Å². The minimum Gasteiger partial charge on any atom is -0.497 e. The van der Waals surface area contributed by atoms with Gasteiger partial charge in [-0.25, -0.2) is 0 Å². The van der Waals surface area contributed by atoms with E-state index in [4.69, 9.17) is 4.74 Å². The Hall–Kier alpha value is -1.57. The monoisotopic (exact) mass is 204 g/mol. The number of carbonyl (C=O) groups excluding carboxylic acids is 1. The molecule has 0 atom stereocenters. The van der Waals surface area contributed by atoms with Crippen molar-refractivity contribution in [3.8, 4) is 5.75 Å². The number of benzene rings is 1. The summed E-state index contributed by atoms with van der Waals surface area (Å²) in [6, 6.07) is 7.77. The van der Waals surface area contributed by atoms with Gasteiger partial charge in [-0.15, -0.1) is 0 Å². The van der Waals surface area contributed by atoms with Crippen LogP contribution in [0.1, 0.15) is 25.8 Å². The van der Waals surface area contributed by atoms with E-state index in [2.05, 4.69) is 0 Å². The van der Waals surface area contributed by atoms with E-state index in [-0.39, 0.29) is 0 Å². The lowest BCUT2D eigenvalue weighted by Gasteiger charge is -2.08. The first kappa shape index (κ1) is 11.5. The zero-order chi connectivity index (χ0) is 11.3. The highest BCUT2D eigenvalue weighted by Crippen LogP contribution is 2.24. The minimum absolute atomic E-state index is 0.783. The van der Waals surface area contributed by atoms with Crippen LogP contribution in [0.25, 0.3) is 5.57 Å². The fourth-order valence-electron chi connectivity index (χ4n) is 1.59. The summed E-state index contributed by atoms with van der Waals surface area (Å²) in [6.45, 7) is 3.88. The fraction of sp³-hybridized carbons (Fsp3) is 0.308. The van der Waals surface area contributed by atoms with Gasteiger partial charge in [-0.05, 0) is 42.2 Å². The molecule has 0 aliphatic rings. The van der Waals surface area contributed by atoms with Crippen molar-refractivity contribution in [2.75, 3.05) is 7.11 Å². The second kappa shape index (κ2) is 5.35. The summed E-state index contributed by atoms with van der Waals surface area (Å²) in [7, 11) is 1.64. The van der Waals surface area contributed by atoms with Crippen LogP contribution in [0.5, 0.6) is 5.75 Å². The van der Waals surface area contributed by atoms with Crippen LogP contribution >= 0.6 is 0 Å². The van der Waals surface area contributed by atoms with E-state index >= 15 is 0 Å². The molecule has 0 spiro atoms. The van der Waals surface area contributed by atoms with Crippen LogP contribution in [0.15, 0.2) is 29.8 Å². The molecule has 1 aromatic rings. The number of aldehydes is 1. The second-order valence-corrected chi connectivity index (χ2v) is 3.36. The first-order valence-electron chi connectivity index (χ1n) is 5.02. The standard InChI is InChI=1S/C13H16O2/c1-4-13(10(2)9-14)11-6-5-7-12(8-11)15-3/h5-9H,4H2,1-3H3. The van der Waals surface area contributed by atoms with E-state index < -0.39 is 0 Å². The molecule has 0 amide bonds. The molecule has 0 aliphatic carbocycles. The molecule has 2 nitrogen and oxygen atoms in total. The molecule has 0 saturated heterocycles. The van der Waals surface area contributed by atoms with E-state index in [1.807, 2.05) is 38.1 Å².